The van der Waals surface area contributed by atoms with Crippen molar-refractivity contribution in [2.45, 2.75) is 26.2 Å². The van der Waals surface area contributed by atoms with Crippen LogP contribution >= 0.6 is 0 Å². The van der Waals surface area contributed by atoms with E-state index in [4.69, 9.17) is 4.74 Å². The second-order valence-corrected chi connectivity index (χ2v) is 11.3. The monoisotopic (exact) mass is 508 g/mol. The summed E-state index contributed by atoms with van der Waals surface area (Å²) in [6.45, 7) is 6.02. The van der Waals surface area contributed by atoms with Crippen LogP contribution in [0.1, 0.15) is 26.3 Å². The molecule has 4 rings (SSSR count). The van der Waals surface area contributed by atoms with Gasteiger partial charge in [0.2, 0.25) is 10.0 Å². The molecule has 0 saturated heterocycles. The Kier molecular flexibility index (Phi) is 6.17. The first-order chi connectivity index (χ1) is 16.8. The molecule has 9 nitrogen and oxygen atoms in total. The van der Waals surface area contributed by atoms with Crippen LogP contribution in [0.3, 0.4) is 0 Å². The molecular weight excluding hydrogens is 482 g/mol. The molecular formula is C26H26N3O6S-. The summed E-state index contributed by atoms with van der Waals surface area (Å²) in [5, 5.41) is 13.7. The lowest BCUT2D eigenvalue weighted by molar-refractivity contribution is 0.399. The molecule has 4 aromatic rings. The Morgan fingerprint density at radius 2 is 1.61 bits per heavy atom. The number of anilines is 1. The van der Waals surface area contributed by atoms with E-state index in [0.717, 1.165) is 38.8 Å². The highest BCUT2D eigenvalue weighted by Crippen LogP contribution is 2.41. The van der Waals surface area contributed by atoms with Crippen LogP contribution in [0.2, 0.25) is 0 Å². The third-order valence-electron chi connectivity index (χ3n) is 5.76. The molecule has 0 bridgehead atoms. The molecule has 0 fully saturated rings. The van der Waals surface area contributed by atoms with E-state index in [1.807, 2.05) is 45.0 Å². The van der Waals surface area contributed by atoms with Crippen LogP contribution in [0.25, 0.3) is 27.6 Å². The van der Waals surface area contributed by atoms with Crippen LogP contribution in [0.15, 0.2) is 70.4 Å². The standard InChI is InChI=1S/C26H26N3O6S/c1-26(2,3)22-15-20(28-11-10-23(30)29(32)25(28)31)14-21(24(22)35-4)18-7-6-17-13-19(27-36(5,33)34)9-8-16(17)12-18/h6-15,27H,1-5H3/q-1. The summed E-state index contributed by atoms with van der Waals surface area (Å²) >= 11 is 0. The first-order valence-corrected chi connectivity index (χ1v) is 12.9. The number of aromatic nitrogens is 2. The van der Waals surface area contributed by atoms with Crippen LogP contribution in [-0.2, 0) is 15.4 Å². The Hall–Kier alpha value is -4.05. The van der Waals surface area contributed by atoms with Crippen LogP contribution in [0.4, 0.5) is 5.69 Å². The molecule has 0 aliphatic carbocycles. The third-order valence-corrected chi connectivity index (χ3v) is 6.37. The molecule has 0 spiro atoms. The molecule has 1 N–H and O–H groups in total. The van der Waals surface area contributed by atoms with Gasteiger partial charge in [0, 0.05) is 29.1 Å². The number of hydrogen-bond donors (Lipinski definition) is 1. The van der Waals surface area contributed by atoms with Crippen molar-refractivity contribution < 1.29 is 13.2 Å². The van der Waals surface area contributed by atoms with Gasteiger partial charge >= 0.3 is 5.69 Å². The Morgan fingerprint density at radius 3 is 2.25 bits per heavy atom. The van der Waals surface area contributed by atoms with Crippen molar-refractivity contribution >= 4 is 26.5 Å². The quantitative estimate of drug-likeness (QED) is 0.437. The van der Waals surface area contributed by atoms with Crippen molar-refractivity contribution in [1.29, 1.82) is 0 Å². The number of benzene rings is 3. The maximum atomic E-state index is 12.6. The number of sulfonamides is 1. The van der Waals surface area contributed by atoms with Gasteiger partial charge in [0.05, 0.1) is 19.1 Å². The van der Waals surface area contributed by atoms with Crippen molar-refractivity contribution in [3.8, 4) is 22.6 Å². The lowest BCUT2D eigenvalue weighted by Gasteiger charge is -2.26. The molecule has 0 saturated carbocycles. The van der Waals surface area contributed by atoms with Crippen molar-refractivity contribution in [3.05, 3.63) is 92.4 Å². The Labute approximate surface area is 208 Å². The molecule has 0 atom stereocenters. The Morgan fingerprint density at radius 1 is 0.944 bits per heavy atom. The van der Waals surface area contributed by atoms with Gasteiger partial charge in [0.25, 0.3) is 5.56 Å². The largest absolute Gasteiger partial charge is 0.800 e. The molecule has 1 heterocycles. The second-order valence-electron chi connectivity index (χ2n) is 9.58. The van der Waals surface area contributed by atoms with E-state index in [1.165, 1.54) is 6.20 Å². The smallest absolute Gasteiger partial charge is 0.330 e. The molecule has 3 aromatic carbocycles. The van der Waals surface area contributed by atoms with Crippen molar-refractivity contribution in [1.82, 2.24) is 9.30 Å². The summed E-state index contributed by atoms with van der Waals surface area (Å²) < 4.78 is 32.4. The fourth-order valence-electron chi connectivity index (χ4n) is 4.09. The number of methoxy groups -OCH3 is 1. The fourth-order valence-corrected chi connectivity index (χ4v) is 4.65. The van der Waals surface area contributed by atoms with Crippen LogP contribution in [0.5, 0.6) is 5.75 Å². The maximum Gasteiger partial charge on any atom is 0.330 e. The summed E-state index contributed by atoms with van der Waals surface area (Å²) in [6.07, 6.45) is 2.38. The summed E-state index contributed by atoms with van der Waals surface area (Å²) in [6, 6.07) is 15.5. The lowest BCUT2D eigenvalue weighted by Crippen LogP contribution is -2.35. The Bertz CT molecular complexity index is 1710. The highest BCUT2D eigenvalue weighted by Gasteiger charge is 2.24. The minimum absolute atomic E-state index is 0.182. The number of nitrogens with one attached hydrogen (secondary N) is 1. The molecule has 0 aliphatic rings. The highest BCUT2D eigenvalue weighted by molar-refractivity contribution is 7.92. The van der Waals surface area contributed by atoms with E-state index in [9.17, 15) is 23.2 Å². The van der Waals surface area contributed by atoms with Gasteiger partial charge in [0.15, 0.2) is 0 Å². The molecule has 36 heavy (non-hydrogen) atoms. The summed E-state index contributed by atoms with van der Waals surface area (Å²) in [5.41, 5.74) is 0.852. The minimum atomic E-state index is -3.40. The van der Waals surface area contributed by atoms with Gasteiger partial charge in [-0.25, -0.2) is 13.2 Å². The minimum Gasteiger partial charge on any atom is -0.800 e. The van der Waals surface area contributed by atoms with Crippen molar-refractivity contribution in [2.75, 3.05) is 18.1 Å². The summed E-state index contributed by atoms with van der Waals surface area (Å²) in [5.74, 6) is 0.615. The lowest BCUT2D eigenvalue weighted by atomic mass is 9.83. The molecule has 0 amide bonds. The molecule has 10 heteroatoms. The topological polar surface area (TPSA) is 122 Å². The zero-order valence-corrected chi connectivity index (χ0v) is 21.3. The van der Waals surface area contributed by atoms with Gasteiger partial charge in [-0.15, -0.1) is 0 Å². The van der Waals surface area contributed by atoms with Gasteiger partial charge in [-0.2, -0.15) is 0 Å². The third kappa shape index (κ3) is 4.85. The predicted octanol–water partition coefficient (Wildman–Crippen LogP) is 3.84. The average molecular weight is 509 g/mol. The number of fused-ring (bicyclic) bond motifs is 1. The number of nitrogens with zero attached hydrogens (tertiary/aromatic N) is 2. The van der Waals surface area contributed by atoms with Crippen LogP contribution in [0, 0.1) is 5.21 Å². The fraction of sp³-hybridized carbons (Fsp3) is 0.231. The van der Waals surface area contributed by atoms with Crippen molar-refractivity contribution in [2.24, 2.45) is 0 Å². The van der Waals surface area contributed by atoms with Gasteiger partial charge in [-0.1, -0.05) is 39.0 Å². The van der Waals surface area contributed by atoms with E-state index < -0.39 is 21.3 Å². The highest BCUT2D eigenvalue weighted by atomic mass is 32.2. The molecule has 188 valence electrons. The van der Waals surface area contributed by atoms with E-state index >= 15 is 0 Å². The van der Waals surface area contributed by atoms with E-state index in [-0.39, 0.29) is 10.1 Å². The zero-order chi connectivity index (χ0) is 26.4. The second kappa shape index (κ2) is 8.87. The van der Waals surface area contributed by atoms with E-state index in [1.54, 1.807) is 31.4 Å². The molecule has 0 aliphatic heterocycles. The maximum absolute atomic E-state index is 12.6. The Balaban J connectivity index is 1.96. The predicted molar refractivity (Wildman–Crippen MR) is 142 cm³/mol. The molecule has 0 unspecified atom stereocenters. The first kappa shape index (κ1) is 25.1. The van der Waals surface area contributed by atoms with Crippen molar-refractivity contribution in [3.63, 3.8) is 0 Å². The SMILES string of the molecule is COc1c(-c2ccc3cc(NS(C)(=O)=O)ccc3c2)cc(-n2ccc(=O)n([O-])c2=O)cc1C(C)(C)C. The number of rotatable bonds is 5. The van der Waals surface area contributed by atoms with Gasteiger partial charge in [-0.3, -0.25) is 18.8 Å². The number of ether oxygens (including phenoxy) is 1. The molecule has 0 radical (unpaired) electrons. The zero-order valence-electron chi connectivity index (χ0n) is 20.5. The molecule has 1 aromatic heterocycles. The van der Waals surface area contributed by atoms with Gasteiger partial charge in [0.1, 0.15) is 5.75 Å². The van der Waals surface area contributed by atoms with E-state index in [2.05, 4.69) is 4.72 Å². The average Bonchev–Trinajstić information content (AvgIpc) is 2.80. The van der Waals surface area contributed by atoms with Crippen LogP contribution < -0.4 is 20.7 Å². The first-order valence-electron chi connectivity index (χ1n) is 11.1. The van der Waals surface area contributed by atoms with E-state index in [0.29, 0.717) is 22.7 Å². The normalized spacial score (nSPS) is 12.0. The summed E-state index contributed by atoms with van der Waals surface area (Å²) in [4.78, 5) is 24.2. The van der Waals surface area contributed by atoms with Crippen LogP contribution in [-0.4, -0.2) is 31.1 Å². The summed E-state index contributed by atoms with van der Waals surface area (Å²) in [7, 11) is -1.83. The van der Waals surface area contributed by atoms with Gasteiger partial charge < -0.3 is 9.94 Å². The van der Waals surface area contributed by atoms with Gasteiger partial charge in [-0.05, 0) is 52.1 Å². The number of hydrogen-bond acceptors (Lipinski definition) is 6.